The first kappa shape index (κ1) is 15.9. The first-order valence-electron chi connectivity index (χ1n) is 7.32. The highest BCUT2D eigenvalue weighted by atomic mass is 32.2. The van der Waals surface area contributed by atoms with E-state index >= 15 is 0 Å². The summed E-state index contributed by atoms with van der Waals surface area (Å²) in [6.07, 6.45) is 3.10. The number of aliphatic imine (C=N–C) groups is 1. The molecule has 0 spiro atoms. The normalized spacial score (nSPS) is 20.2. The Balaban J connectivity index is 1.67. The van der Waals surface area contributed by atoms with Crippen molar-refractivity contribution in [3.8, 4) is 6.07 Å². The summed E-state index contributed by atoms with van der Waals surface area (Å²) in [6.45, 7) is 3.09. The zero-order valence-corrected chi connectivity index (χ0v) is 14.8. The molecule has 7 heteroatoms. The summed E-state index contributed by atoms with van der Waals surface area (Å²) in [4.78, 5) is 17.7. The lowest BCUT2D eigenvalue weighted by Gasteiger charge is -2.17. The molecule has 0 saturated carbocycles. The van der Waals surface area contributed by atoms with Crippen molar-refractivity contribution in [3.05, 3.63) is 16.0 Å². The van der Waals surface area contributed by atoms with Gasteiger partial charge in [-0.25, -0.2) is 0 Å². The highest BCUT2D eigenvalue weighted by Gasteiger charge is 2.24. The molecule has 0 saturated heterocycles. The predicted molar refractivity (Wildman–Crippen MR) is 96.1 cm³/mol. The number of hydrogen-bond acceptors (Lipinski definition) is 6. The molecule has 22 heavy (non-hydrogen) atoms. The van der Waals surface area contributed by atoms with E-state index in [2.05, 4.69) is 23.3 Å². The van der Waals surface area contributed by atoms with Crippen LogP contribution >= 0.6 is 34.9 Å². The molecule has 3 rings (SSSR count). The smallest absolute Gasteiger partial charge is 0.235 e. The van der Waals surface area contributed by atoms with Gasteiger partial charge in [0.2, 0.25) is 5.91 Å². The first-order chi connectivity index (χ1) is 10.7. The average molecular weight is 352 g/mol. The molecule has 2 aliphatic rings. The molecule has 1 N–H and O–H groups in total. The van der Waals surface area contributed by atoms with Crippen LogP contribution in [0.1, 0.15) is 29.3 Å². The molecule has 1 aromatic heterocycles. The summed E-state index contributed by atoms with van der Waals surface area (Å²) in [5.74, 6) is 1.98. The molecular weight excluding hydrogens is 334 g/mol. The van der Waals surface area contributed by atoms with Crippen LogP contribution in [0.2, 0.25) is 0 Å². The molecule has 1 unspecified atom stereocenters. The molecule has 1 aliphatic carbocycles. The number of nitrogens with zero attached hydrogens (tertiary/aromatic N) is 2. The van der Waals surface area contributed by atoms with Crippen LogP contribution in [0, 0.1) is 17.2 Å². The number of amides is 1. The van der Waals surface area contributed by atoms with E-state index in [0.717, 1.165) is 46.5 Å². The van der Waals surface area contributed by atoms with Gasteiger partial charge in [-0.05, 0) is 30.7 Å². The molecule has 1 aliphatic heterocycles. The molecule has 0 bridgehead atoms. The van der Waals surface area contributed by atoms with E-state index in [1.54, 1.807) is 23.1 Å². The van der Waals surface area contributed by atoms with Crippen LogP contribution in [0.5, 0.6) is 0 Å². The second-order valence-corrected chi connectivity index (χ2v) is 8.91. The first-order valence-corrected chi connectivity index (χ1v) is 10.1. The van der Waals surface area contributed by atoms with Gasteiger partial charge in [-0.3, -0.25) is 9.79 Å². The molecule has 116 valence electrons. The maximum absolute atomic E-state index is 12.1. The number of hydrogen-bond donors (Lipinski definition) is 1. The number of thioether (sulfide) groups is 2. The molecule has 1 amide bonds. The van der Waals surface area contributed by atoms with Crippen molar-refractivity contribution in [3.63, 3.8) is 0 Å². The predicted octanol–water partition coefficient (Wildman–Crippen LogP) is 3.52. The van der Waals surface area contributed by atoms with E-state index in [1.165, 1.54) is 16.6 Å². The summed E-state index contributed by atoms with van der Waals surface area (Å²) in [6, 6.07) is 2.28. The molecule has 4 nitrogen and oxygen atoms in total. The Labute approximate surface area is 142 Å². The fourth-order valence-corrected chi connectivity index (χ4v) is 5.84. The quantitative estimate of drug-likeness (QED) is 0.905. The second kappa shape index (κ2) is 7.07. The van der Waals surface area contributed by atoms with Crippen molar-refractivity contribution >= 4 is 50.1 Å². The van der Waals surface area contributed by atoms with Crippen molar-refractivity contribution in [2.24, 2.45) is 10.9 Å². The van der Waals surface area contributed by atoms with E-state index < -0.39 is 0 Å². The summed E-state index contributed by atoms with van der Waals surface area (Å²) in [5.41, 5.74) is 1.84. The lowest BCUT2D eigenvalue weighted by Crippen LogP contribution is -2.14. The van der Waals surface area contributed by atoms with E-state index in [-0.39, 0.29) is 5.91 Å². The molecule has 0 aromatic carbocycles. The van der Waals surface area contributed by atoms with Crippen LogP contribution < -0.4 is 5.32 Å². The van der Waals surface area contributed by atoms with Gasteiger partial charge in [-0.1, -0.05) is 30.4 Å². The van der Waals surface area contributed by atoms with Gasteiger partial charge in [0.25, 0.3) is 0 Å². The van der Waals surface area contributed by atoms with Crippen molar-refractivity contribution < 1.29 is 4.79 Å². The summed E-state index contributed by atoms with van der Waals surface area (Å²) >= 11 is 4.76. The van der Waals surface area contributed by atoms with E-state index in [0.29, 0.717) is 17.2 Å². The molecule has 2 heterocycles. The zero-order chi connectivity index (χ0) is 15.5. The third-order valence-corrected chi connectivity index (χ3v) is 7.18. The van der Waals surface area contributed by atoms with Gasteiger partial charge in [0.15, 0.2) is 0 Å². The number of carbonyl (C=O) groups excluding carboxylic acids is 1. The summed E-state index contributed by atoms with van der Waals surface area (Å²) in [5, 5.41) is 13.1. The summed E-state index contributed by atoms with van der Waals surface area (Å²) < 4.78 is 0.995. The van der Waals surface area contributed by atoms with Gasteiger partial charge < -0.3 is 5.32 Å². The fourth-order valence-electron chi connectivity index (χ4n) is 2.65. The average Bonchev–Trinajstić information content (AvgIpc) is 3.11. The highest BCUT2D eigenvalue weighted by molar-refractivity contribution is 8.39. The Morgan fingerprint density at radius 3 is 3.18 bits per heavy atom. The maximum atomic E-state index is 12.1. The topological polar surface area (TPSA) is 65.2 Å². The third-order valence-electron chi connectivity index (χ3n) is 3.76. The van der Waals surface area contributed by atoms with E-state index in [4.69, 9.17) is 0 Å². The van der Waals surface area contributed by atoms with Crippen LogP contribution in [0.4, 0.5) is 5.00 Å². The van der Waals surface area contributed by atoms with Crippen molar-refractivity contribution in [1.82, 2.24) is 0 Å². The molecule has 0 radical (unpaired) electrons. The number of nitriles is 1. The lowest BCUT2D eigenvalue weighted by atomic mass is 9.89. The van der Waals surface area contributed by atoms with E-state index in [1.807, 2.05) is 0 Å². The van der Waals surface area contributed by atoms with Crippen molar-refractivity contribution in [2.45, 2.75) is 26.2 Å². The van der Waals surface area contributed by atoms with Crippen LogP contribution in [-0.4, -0.2) is 28.3 Å². The third kappa shape index (κ3) is 3.50. The largest absolute Gasteiger partial charge is 0.316 e. The second-order valence-electron chi connectivity index (χ2n) is 5.50. The minimum absolute atomic E-state index is 0.0525. The van der Waals surface area contributed by atoms with Crippen LogP contribution in [-0.2, 0) is 17.6 Å². The van der Waals surface area contributed by atoms with Crippen molar-refractivity contribution in [2.75, 3.05) is 23.4 Å². The Bertz CT molecular complexity index is 660. The minimum Gasteiger partial charge on any atom is -0.316 e. The van der Waals surface area contributed by atoms with Gasteiger partial charge in [0.05, 0.1) is 17.9 Å². The van der Waals surface area contributed by atoms with Gasteiger partial charge in [0.1, 0.15) is 15.4 Å². The Morgan fingerprint density at radius 2 is 2.45 bits per heavy atom. The Hall–Kier alpha value is -0.970. The molecule has 1 atom stereocenters. The number of thiophene rings is 1. The molecular formula is C15H17N3OS3. The SMILES string of the molecule is CC1CCc2c(sc(NC(=O)CSC3=NCCS3)c2C#N)C1. The molecule has 0 fully saturated rings. The monoisotopic (exact) mass is 351 g/mol. The highest BCUT2D eigenvalue weighted by Crippen LogP contribution is 2.39. The van der Waals surface area contributed by atoms with Crippen molar-refractivity contribution in [1.29, 1.82) is 5.26 Å². The number of fused-ring (bicyclic) bond motifs is 1. The fraction of sp³-hybridized carbons (Fsp3) is 0.533. The van der Waals surface area contributed by atoms with E-state index in [9.17, 15) is 10.1 Å². The van der Waals surface area contributed by atoms with Gasteiger partial charge in [-0.15, -0.1) is 11.3 Å². The number of anilines is 1. The maximum Gasteiger partial charge on any atom is 0.235 e. The van der Waals surface area contributed by atoms with Crippen LogP contribution in [0.25, 0.3) is 0 Å². The number of carbonyl (C=O) groups is 1. The lowest BCUT2D eigenvalue weighted by molar-refractivity contribution is -0.113. The zero-order valence-electron chi connectivity index (χ0n) is 12.3. The summed E-state index contributed by atoms with van der Waals surface area (Å²) in [7, 11) is 0. The number of rotatable bonds is 3. The Kier molecular flexibility index (Phi) is 5.11. The standard InChI is InChI=1S/C15H17N3OS3/c1-9-2-3-10-11(7-16)14(22-12(10)6-9)18-13(19)8-21-15-17-4-5-20-15/h9H,2-6,8H2,1H3,(H,18,19). The van der Waals surface area contributed by atoms with Gasteiger partial charge >= 0.3 is 0 Å². The molecule has 1 aromatic rings. The number of nitrogens with one attached hydrogen (secondary N) is 1. The Morgan fingerprint density at radius 1 is 1.59 bits per heavy atom. The van der Waals surface area contributed by atoms with Gasteiger partial charge in [-0.2, -0.15) is 5.26 Å². The minimum atomic E-state index is -0.0525. The van der Waals surface area contributed by atoms with Crippen LogP contribution in [0.15, 0.2) is 4.99 Å². The van der Waals surface area contributed by atoms with Gasteiger partial charge in [0, 0.05) is 10.6 Å². The van der Waals surface area contributed by atoms with Crippen LogP contribution in [0.3, 0.4) is 0 Å².